The summed E-state index contributed by atoms with van der Waals surface area (Å²) in [6.07, 6.45) is 5.30. The molecule has 1 aromatic rings. The zero-order valence-electron chi connectivity index (χ0n) is 9.40. The molecule has 0 radical (unpaired) electrons. The molecule has 0 heterocycles. The van der Waals surface area contributed by atoms with E-state index in [2.05, 4.69) is 21.1 Å². The molecule has 3 N–H and O–H groups in total. The van der Waals surface area contributed by atoms with Crippen LogP contribution in [0, 0.1) is 0 Å². The van der Waals surface area contributed by atoms with Gasteiger partial charge in [0, 0.05) is 20.2 Å². The van der Waals surface area contributed by atoms with Gasteiger partial charge in [-0.05, 0) is 47.0 Å². The maximum absolute atomic E-state index is 8.62. The lowest BCUT2D eigenvalue weighted by Gasteiger charge is -2.11. The molecular formula is C12H15BrN2OS. The van der Waals surface area contributed by atoms with Gasteiger partial charge < -0.3 is 10.9 Å². The Kier molecular flexibility index (Phi) is 4.34. The Balaban J connectivity index is 2.13. The number of nitrogens with two attached hydrogens (primary N) is 1. The largest absolute Gasteiger partial charge is 0.409 e. The molecule has 2 rings (SSSR count). The Labute approximate surface area is 114 Å². The third kappa shape index (κ3) is 3.16. The minimum absolute atomic E-state index is 0.142. The summed E-state index contributed by atoms with van der Waals surface area (Å²) in [4.78, 5) is 1.23. The summed E-state index contributed by atoms with van der Waals surface area (Å²) in [7, 11) is 0. The zero-order valence-corrected chi connectivity index (χ0v) is 11.8. The first-order chi connectivity index (χ1) is 8.20. The molecule has 1 aliphatic rings. The van der Waals surface area contributed by atoms with Crippen molar-refractivity contribution in [3.8, 4) is 0 Å². The Hall–Kier alpha value is -0.680. The standard InChI is InChI=1S/C12H15BrN2OS/c13-10-7-8(12(14)15-16)5-6-11(10)17-9-3-1-2-4-9/h5-7,9,16H,1-4H2,(H2,14,15). The van der Waals surface area contributed by atoms with Gasteiger partial charge in [0.15, 0.2) is 5.84 Å². The quantitative estimate of drug-likeness (QED) is 0.388. The van der Waals surface area contributed by atoms with Crippen molar-refractivity contribution in [2.24, 2.45) is 10.9 Å². The highest BCUT2D eigenvalue weighted by molar-refractivity contribution is 9.10. The molecule has 17 heavy (non-hydrogen) atoms. The topological polar surface area (TPSA) is 58.6 Å². The molecule has 0 saturated heterocycles. The van der Waals surface area contributed by atoms with Crippen molar-refractivity contribution in [3.05, 3.63) is 28.2 Å². The smallest absolute Gasteiger partial charge is 0.170 e. The van der Waals surface area contributed by atoms with Crippen LogP contribution in [-0.2, 0) is 0 Å². The van der Waals surface area contributed by atoms with Crippen molar-refractivity contribution in [1.82, 2.24) is 0 Å². The first-order valence-electron chi connectivity index (χ1n) is 5.65. The van der Waals surface area contributed by atoms with Gasteiger partial charge >= 0.3 is 0 Å². The van der Waals surface area contributed by atoms with Crippen molar-refractivity contribution in [1.29, 1.82) is 0 Å². The predicted molar refractivity (Wildman–Crippen MR) is 74.8 cm³/mol. The number of nitrogens with zero attached hydrogens (tertiary/aromatic N) is 1. The van der Waals surface area contributed by atoms with E-state index in [4.69, 9.17) is 10.9 Å². The minimum atomic E-state index is 0.142. The molecule has 92 valence electrons. The minimum Gasteiger partial charge on any atom is -0.409 e. The number of rotatable bonds is 3. The Morgan fingerprint density at radius 3 is 2.71 bits per heavy atom. The number of hydrogen-bond acceptors (Lipinski definition) is 3. The fourth-order valence-corrected chi connectivity index (χ4v) is 3.90. The monoisotopic (exact) mass is 314 g/mol. The van der Waals surface area contributed by atoms with E-state index in [0.29, 0.717) is 0 Å². The number of amidine groups is 1. The van der Waals surface area contributed by atoms with Crippen molar-refractivity contribution >= 4 is 33.5 Å². The second kappa shape index (κ2) is 5.78. The number of benzene rings is 1. The van der Waals surface area contributed by atoms with E-state index in [1.54, 1.807) is 0 Å². The second-order valence-electron chi connectivity index (χ2n) is 4.15. The molecule has 0 bridgehead atoms. The van der Waals surface area contributed by atoms with Crippen LogP contribution in [0.4, 0.5) is 0 Å². The lowest BCUT2D eigenvalue weighted by Crippen LogP contribution is -2.12. The lowest BCUT2D eigenvalue weighted by atomic mass is 10.2. The maximum atomic E-state index is 8.62. The van der Waals surface area contributed by atoms with Gasteiger partial charge in [0.1, 0.15) is 0 Å². The van der Waals surface area contributed by atoms with Crippen LogP contribution in [0.1, 0.15) is 31.2 Å². The third-order valence-corrected chi connectivity index (χ3v) is 5.26. The Bertz CT molecular complexity index is 431. The van der Waals surface area contributed by atoms with Crippen molar-refractivity contribution < 1.29 is 5.21 Å². The molecule has 1 aliphatic carbocycles. The van der Waals surface area contributed by atoms with Crippen LogP contribution in [-0.4, -0.2) is 16.3 Å². The first-order valence-corrected chi connectivity index (χ1v) is 7.32. The number of hydrogen-bond donors (Lipinski definition) is 2. The molecule has 3 nitrogen and oxygen atoms in total. The van der Waals surface area contributed by atoms with Crippen molar-refractivity contribution in [2.45, 2.75) is 35.8 Å². The van der Waals surface area contributed by atoms with E-state index in [0.717, 1.165) is 15.3 Å². The van der Waals surface area contributed by atoms with E-state index in [1.807, 2.05) is 30.0 Å². The summed E-state index contributed by atoms with van der Waals surface area (Å²) in [6.45, 7) is 0. The predicted octanol–water partition coefficient (Wildman–Crippen LogP) is 3.58. The van der Waals surface area contributed by atoms with Crippen LogP contribution in [0.15, 0.2) is 32.7 Å². The highest BCUT2D eigenvalue weighted by Crippen LogP contribution is 2.38. The Morgan fingerprint density at radius 1 is 1.41 bits per heavy atom. The van der Waals surface area contributed by atoms with Gasteiger partial charge in [-0.25, -0.2) is 0 Å². The lowest BCUT2D eigenvalue weighted by molar-refractivity contribution is 0.318. The molecule has 1 aromatic carbocycles. The van der Waals surface area contributed by atoms with Gasteiger partial charge in [-0.2, -0.15) is 0 Å². The Morgan fingerprint density at radius 2 is 2.12 bits per heavy atom. The van der Waals surface area contributed by atoms with E-state index in [1.165, 1.54) is 30.6 Å². The summed E-state index contributed by atoms with van der Waals surface area (Å²) in [5.41, 5.74) is 6.28. The number of halogens is 1. The van der Waals surface area contributed by atoms with Gasteiger partial charge in [-0.1, -0.05) is 18.0 Å². The van der Waals surface area contributed by atoms with Crippen molar-refractivity contribution in [3.63, 3.8) is 0 Å². The molecule has 0 atom stereocenters. The van der Waals surface area contributed by atoms with E-state index >= 15 is 0 Å². The number of thioether (sulfide) groups is 1. The molecule has 1 fully saturated rings. The molecule has 0 aromatic heterocycles. The highest BCUT2D eigenvalue weighted by Gasteiger charge is 2.17. The van der Waals surface area contributed by atoms with Gasteiger partial charge in [0.25, 0.3) is 0 Å². The number of oxime groups is 1. The summed E-state index contributed by atoms with van der Waals surface area (Å²) in [5.74, 6) is 0.142. The summed E-state index contributed by atoms with van der Waals surface area (Å²) in [6, 6.07) is 5.81. The van der Waals surface area contributed by atoms with Crippen LogP contribution in [0.5, 0.6) is 0 Å². The second-order valence-corrected chi connectivity index (χ2v) is 6.35. The molecule has 0 aliphatic heterocycles. The van der Waals surface area contributed by atoms with E-state index in [9.17, 15) is 0 Å². The van der Waals surface area contributed by atoms with E-state index < -0.39 is 0 Å². The average molecular weight is 315 g/mol. The summed E-state index contributed by atoms with van der Waals surface area (Å²) < 4.78 is 1.01. The van der Waals surface area contributed by atoms with Crippen LogP contribution in [0.2, 0.25) is 0 Å². The summed E-state index contributed by atoms with van der Waals surface area (Å²) >= 11 is 5.45. The van der Waals surface area contributed by atoms with Crippen molar-refractivity contribution in [2.75, 3.05) is 0 Å². The summed E-state index contributed by atoms with van der Waals surface area (Å²) in [5, 5.41) is 12.4. The van der Waals surface area contributed by atoms with E-state index in [-0.39, 0.29) is 5.84 Å². The van der Waals surface area contributed by atoms with Gasteiger partial charge in [-0.3, -0.25) is 0 Å². The molecule has 0 amide bonds. The van der Waals surface area contributed by atoms with Gasteiger partial charge in [-0.15, -0.1) is 11.8 Å². The SMILES string of the molecule is N/C(=N/O)c1ccc(SC2CCCC2)c(Br)c1. The fraction of sp³-hybridized carbons (Fsp3) is 0.417. The highest BCUT2D eigenvalue weighted by atomic mass is 79.9. The zero-order chi connectivity index (χ0) is 12.3. The molecule has 0 unspecified atom stereocenters. The fourth-order valence-electron chi connectivity index (χ4n) is 2.00. The molecule has 5 heteroatoms. The van der Waals surface area contributed by atoms with Gasteiger partial charge in [0.05, 0.1) is 0 Å². The van der Waals surface area contributed by atoms with Crippen LogP contribution < -0.4 is 5.73 Å². The van der Waals surface area contributed by atoms with Gasteiger partial charge in [0.2, 0.25) is 0 Å². The average Bonchev–Trinajstić information content (AvgIpc) is 2.83. The molecule has 0 spiro atoms. The first kappa shape index (κ1) is 12.8. The normalized spacial score (nSPS) is 17.6. The third-order valence-electron chi connectivity index (χ3n) is 2.93. The van der Waals surface area contributed by atoms with Crippen LogP contribution in [0.3, 0.4) is 0 Å². The molecular weight excluding hydrogens is 300 g/mol. The molecule has 1 saturated carbocycles. The van der Waals surface area contributed by atoms with Crippen LogP contribution in [0.25, 0.3) is 0 Å². The van der Waals surface area contributed by atoms with Crippen LogP contribution >= 0.6 is 27.7 Å². The maximum Gasteiger partial charge on any atom is 0.170 e.